The summed E-state index contributed by atoms with van der Waals surface area (Å²) in [5, 5.41) is 1.05. The maximum absolute atomic E-state index is 4.87. The summed E-state index contributed by atoms with van der Waals surface area (Å²) in [4.78, 5) is 7.36. The van der Waals surface area contributed by atoms with E-state index in [4.69, 9.17) is 4.98 Å². The number of rotatable bonds is 2. The van der Waals surface area contributed by atoms with Crippen molar-refractivity contribution in [1.29, 1.82) is 0 Å². The zero-order valence-corrected chi connectivity index (χ0v) is 11.9. The minimum atomic E-state index is 0.613. The van der Waals surface area contributed by atoms with E-state index in [1.54, 1.807) is 0 Å². The van der Waals surface area contributed by atoms with Crippen molar-refractivity contribution in [2.24, 2.45) is 5.92 Å². The first kappa shape index (κ1) is 11.5. The van der Waals surface area contributed by atoms with E-state index in [9.17, 15) is 0 Å². The maximum Gasteiger partial charge on any atom is 0.129 e. The number of fused-ring (bicyclic) bond motifs is 1. The van der Waals surface area contributed by atoms with E-state index in [1.165, 1.54) is 42.8 Å². The predicted molar refractivity (Wildman–Crippen MR) is 75.0 cm³/mol. The molecule has 1 aromatic rings. The van der Waals surface area contributed by atoms with Crippen LogP contribution in [0.4, 0.5) is 5.82 Å². The van der Waals surface area contributed by atoms with Gasteiger partial charge in [-0.25, -0.2) is 4.98 Å². The van der Waals surface area contributed by atoms with Gasteiger partial charge in [0, 0.05) is 23.6 Å². The van der Waals surface area contributed by atoms with Crippen LogP contribution < -0.4 is 4.90 Å². The molecule has 0 aromatic carbocycles. The third-order valence-electron chi connectivity index (χ3n) is 4.25. The van der Waals surface area contributed by atoms with Gasteiger partial charge in [-0.15, -0.1) is 0 Å². The maximum atomic E-state index is 4.87. The van der Waals surface area contributed by atoms with Crippen molar-refractivity contribution in [3.8, 4) is 0 Å². The lowest BCUT2D eigenvalue weighted by atomic mass is 10.1. The molecule has 1 fully saturated rings. The Kier molecular flexibility index (Phi) is 3.12. The number of aromatic nitrogens is 1. The summed E-state index contributed by atoms with van der Waals surface area (Å²) in [7, 11) is 0. The number of halogens is 1. The molecule has 0 N–H and O–H groups in total. The highest BCUT2D eigenvalue weighted by Crippen LogP contribution is 2.31. The molecule has 2 atom stereocenters. The van der Waals surface area contributed by atoms with Crippen LogP contribution in [-0.4, -0.2) is 22.9 Å². The molecule has 3 rings (SSSR count). The molecule has 0 saturated carbocycles. The molecule has 0 radical (unpaired) electrons. The molecule has 0 amide bonds. The van der Waals surface area contributed by atoms with Gasteiger partial charge in [0.15, 0.2) is 0 Å². The fourth-order valence-electron chi connectivity index (χ4n) is 3.10. The van der Waals surface area contributed by atoms with E-state index in [0.717, 1.165) is 17.8 Å². The predicted octanol–water partition coefficient (Wildman–Crippen LogP) is 3.18. The SMILES string of the molecule is CC1CCN(c2ccc3c(n2)CCC3)C1CBr. The van der Waals surface area contributed by atoms with Crippen LogP contribution in [0.5, 0.6) is 0 Å². The van der Waals surface area contributed by atoms with Gasteiger partial charge in [0.2, 0.25) is 0 Å². The van der Waals surface area contributed by atoms with Crippen molar-refractivity contribution in [2.75, 3.05) is 16.8 Å². The minimum absolute atomic E-state index is 0.613. The van der Waals surface area contributed by atoms with Gasteiger partial charge in [0.25, 0.3) is 0 Å². The highest BCUT2D eigenvalue weighted by atomic mass is 79.9. The summed E-state index contributed by atoms with van der Waals surface area (Å²) in [5.41, 5.74) is 2.81. The van der Waals surface area contributed by atoms with Crippen LogP contribution >= 0.6 is 15.9 Å². The Hall–Kier alpha value is -0.570. The molecule has 2 aliphatic rings. The highest BCUT2D eigenvalue weighted by molar-refractivity contribution is 9.09. The van der Waals surface area contributed by atoms with Crippen molar-refractivity contribution in [3.05, 3.63) is 23.4 Å². The average Bonchev–Trinajstić information content (AvgIpc) is 2.93. The summed E-state index contributed by atoms with van der Waals surface area (Å²) < 4.78 is 0. The largest absolute Gasteiger partial charge is 0.353 e. The second kappa shape index (κ2) is 4.60. The zero-order valence-electron chi connectivity index (χ0n) is 10.3. The molecule has 2 unspecified atom stereocenters. The van der Waals surface area contributed by atoms with Crippen LogP contribution in [0.1, 0.15) is 31.0 Å². The number of alkyl halides is 1. The van der Waals surface area contributed by atoms with Crippen molar-refractivity contribution in [2.45, 2.75) is 38.6 Å². The van der Waals surface area contributed by atoms with E-state index in [-0.39, 0.29) is 0 Å². The second-order valence-corrected chi connectivity index (χ2v) is 5.96. The first-order valence-corrected chi connectivity index (χ1v) is 7.73. The summed E-state index contributed by atoms with van der Waals surface area (Å²) in [5.74, 6) is 1.96. The Labute approximate surface area is 112 Å². The van der Waals surface area contributed by atoms with Gasteiger partial charge < -0.3 is 4.90 Å². The summed E-state index contributed by atoms with van der Waals surface area (Å²) in [6.45, 7) is 3.50. The summed E-state index contributed by atoms with van der Waals surface area (Å²) in [6, 6.07) is 5.12. The Morgan fingerprint density at radius 1 is 1.41 bits per heavy atom. The molecule has 3 heteroatoms. The van der Waals surface area contributed by atoms with Crippen molar-refractivity contribution in [1.82, 2.24) is 4.98 Å². The van der Waals surface area contributed by atoms with Gasteiger partial charge in [-0.2, -0.15) is 0 Å². The molecule has 92 valence electrons. The van der Waals surface area contributed by atoms with Crippen LogP contribution in [-0.2, 0) is 12.8 Å². The first-order chi connectivity index (χ1) is 8.29. The second-order valence-electron chi connectivity index (χ2n) is 5.31. The third-order valence-corrected chi connectivity index (χ3v) is 4.91. The quantitative estimate of drug-likeness (QED) is 0.779. The van der Waals surface area contributed by atoms with Crippen LogP contribution in [0.3, 0.4) is 0 Å². The van der Waals surface area contributed by atoms with Gasteiger partial charge in [-0.05, 0) is 43.2 Å². The van der Waals surface area contributed by atoms with Gasteiger partial charge in [-0.3, -0.25) is 0 Å². The van der Waals surface area contributed by atoms with Crippen LogP contribution in [0, 0.1) is 5.92 Å². The molecular formula is C14H19BrN2. The average molecular weight is 295 g/mol. The lowest BCUT2D eigenvalue weighted by molar-refractivity contribution is 0.553. The molecule has 1 saturated heterocycles. The van der Waals surface area contributed by atoms with Crippen LogP contribution in [0.25, 0.3) is 0 Å². The molecule has 1 aromatic heterocycles. The molecule has 2 nitrogen and oxygen atoms in total. The van der Waals surface area contributed by atoms with E-state index in [1.807, 2.05) is 0 Å². The van der Waals surface area contributed by atoms with Crippen molar-refractivity contribution < 1.29 is 0 Å². The van der Waals surface area contributed by atoms with Gasteiger partial charge in [0.05, 0.1) is 0 Å². The smallest absolute Gasteiger partial charge is 0.129 e. The van der Waals surface area contributed by atoms with Gasteiger partial charge in [-0.1, -0.05) is 28.9 Å². The lowest BCUT2D eigenvalue weighted by Crippen LogP contribution is -2.34. The topological polar surface area (TPSA) is 16.1 Å². The molecular weight excluding hydrogens is 276 g/mol. The zero-order chi connectivity index (χ0) is 11.8. The number of hydrogen-bond donors (Lipinski definition) is 0. The van der Waals surface area contributed by atoms with Crippen LogP contribution in [0.15, 0.2) is 12.1 Å². The standard InChI is InChI=1S/C14H19BrN2/c1-10-7-8-17(13(10)9-15)14-6-5-11-3-2-4-12(11)16-14/h5-6,10,13H,2-4,7-9H2,1H3. The van der Waals surface area contributed by atoms with E-state index >= 15 is 0 Å². The van der Waals surface area contributed by atoms with Gasteiger partial charge in [0.1, 0.15) is 5.82 Å². The summed E-state index contributed by atoms with van der Waals surface area (Å²) in [6.07, 6.45) is 4.96. The van der Waals surface area contributed by atoms with Gasteiger partial charge >= 0.3 is 0 Å². The number of pyridine rings is 1. The van der Waals surface area contributed by atoms with E-state index < -0.39 is 0 Å². The number of nitrogens with zero attached hydrogens (tertiary/aromatic N) is 2. The third kappa shape index (κ3) is 1.99. The number of aryl methyl sites for hydroxylation is 2. The molecule has 2 heterocycles. The van der Waals surface area contributed by atoms with E-state index in [0.29, 0.717) is 6.04 Å². The normalized spacial score (nSPS) is 27.5. The van der Waals surface area contributed by atoms with E-state index in [2.05, 4.69) is 39.9 Å². The minimum Gasteiger partial charge on any atom is -0.353 e. The molecule has 0 bridgehead atoms. The summed E-state index contributed by atoms with van der Waals surface area (Å²) >= 11 is 3.65. The Bertz CT molecular complexity index is 419. The Balaban J connectivity index is 1.89. The highest BCUT2D eigenvalue weighted by Gasteiger charge is 2.31. The molecule has 0 spiro atoms. The lowest BCUT2D eigenvalue weighted by Gasteiger charge is -2.26. The van der Waals surface area contributed by atoms with Crippen LogP contribution in [0.2, 0.25) is 0 Å². The Morgan fingerprint density at radius 3 is 3.12 bits per heavy atom. The molecule has 17 heavy (non-hydrogen) atoms. The fraction of sp³-hybridized carbons (Fsp3) is 0.643. The number of hydrogen-bond acceptors (Lipinski definition) is 2. The molecule has 1 aliphatic heterocycles. The van der Waals surface area contributed by atoms with Crippen molar-refractivity contribution in [3.63, 3.8) is 0 Å². The van der Waals surface area contributed by atoms with Crippen molar-refractivity contribution >= 4 is 21.7 Å². The monoisotopic (exact) mass is 294 g/mol. The Morgan fingerprint density at radius 2 is 2.29 bits per heavy atom. The fourth-order valence-corrected chi connectivity index (χ4v) is 4.08. The number of anilines is 1. The first-order valence-electron chi connectivity index (χ1n) is 6.61. The molecule has 1 aliphatic carbocycles.